The number of hydrogen-bond acceptors (Lipinski definition) is 7. The minimum Gasteiger partial charge on any atom is -0.458 e. The molecule has 0 saturated carbocycles. The van der Waals surface area contributed by atoms with Crippen LogP contribution in [0.4, 0.5) is 4.79 Å². The van der Waals surface area contributed by atoms with Gasteiger partial charge in [0.1, 0.15) is 29.3 Å². The number of esters is 1. The van der Waals surface area contributed by atoms with Crippen molar-refractivity contribution in [3.05, 3.63) is 70.8 Å². The summed E-state index contributed by atoms with van der Waals surface area (Å²) in [7, 11) is 0. The molecule has 0 heterocycles. The van der Waals surface area contributed by atoms with Crippen LogP contribution < -0.4 is 10.6 Å². The van der Waals surface area contributed by atoms with Crippen LogP contribution in [0, 0.1) is 13.8 Å². The molecule has 0 aliphatic heterocycles. The Labute approximate surface area is 267 Å². The van der Waals surface area contributed by atoms with Gasteiger partial charge in [0.15, 0.2) is 0 Å². The lowest BCUT2D eigenvalue weighted by Crippen LogP contribution is -2.56. The first-order valence-electron chi connectivity index (χ1n) is 15.5. The molecule has 2 aromatic carbocycles. The second-order valence-electron chi connectivity index (χ2n) is 13.4. The molecule has 0 aromatic heterocycles. The van der Waals surface area contributed by atoms with Crippen molar-refractivity contribution in [1.82, 2.24) is 15.5 Å². The van der Waals surface area contributed by atoms with Crippen molar-refractivity contribution in [2.24, 2.45) is 0 Å². The molecule has 0 saturated heterocycles. The van der Waals surface area contributed by atoms with Crippen LogP contribution in [-0.4, -0.2) is 70.3 Å². The van der Waals surface area contributed by atoms with Crippen molar-refractivity contribution in [2.45, 2.75) is 111 Å². The molecule has 2 rings (SSSR count). The monoisotopic (exact) mass is 625 g/mol. The number of carbonyl (C=O) groups is 4. The van der Waals surface area contributed by atoms with E-state index in [9.17, 15) is 24.3 Å². The van der Waals surface area contributed by atoms with Crippen molar-refractivity contribution >= 4 is 23.9 Å². The molecule has 2 aromatic rings. The van der Waals surface area contributed by atoms with Crippen LogP contribution in [0.2, 0.25) is 0 Å². The summed E-state index contributed by atoms with van der Waals surface area (Å²) < 4.78 is 11.0. The van der Waals surface area contributed by atoms with Crippen LogP contribution in [0.3, 0.4) is 0 Å². The average molecular weight is 626 g/mol. The molecule has 0 bridgehead atoms. The number of benzene rings is 2. The van der Waals surface area contributed by atoms with Gasteiger partial charge in [0.2, 0.25) is 11.8 Å². The van der Waals surface area contributed by atoms with Gasteiger partial charge in [-0.3, -0.25) is 9.59 Å². The predicted octanol–water partition coefficient (Wildman–Crippen LogP) is 4.93. The smallest absolute Gasteiger partial charge is 0.408 e. The summed E-state index contributed by atoms with van der Waals surface area (Å²) in [5.74, 6) is -1.86. The van der Waals surface area contributed by atoms with E-state index >= 15 is 0 Å². The minimum atomic E-state index is -1.37. The summed E-state index contributed by atoms with van der Waals surface area (Å²) in [6.45, 7) is 15.5. The summed E-state index contributed by atoms with van der Waals surface area (Å²) in [5, 5.41) is 15.5. The van der Waals surface area contributed by atoms with Gasteiger partial charge in [-0.25, -0.2) is 9.59 Å². The highest BCUT2D eigenvalue weighted by Crippen LogP contribution is 2.26. The zero-order chi connectivity index (χ0) is 33.9. The Kier molecular flexibility index (Phi) is 13.6. The number of ether oxygens (including phenoxy) is 2. The summed E-state index contributed by atoms with van der Waals surface area (Å²) >= 11 is 0. The van der Waals surface area contributed by atoms with Gasteiger partial charge in [-0.1, -0.05) is 73.0 Å². The van der Waals surface area contributed by atoms with Gasteiger partial charge in [-0.05, 0) is 72.9 Å². The SMILES string of the molecule is CCCCN(C(=O)C(CO)NC(=O)OC(C)(C)C)C(C(=O)NC(Cc1ccccc1)C(=O)OC(C)(C)C)c1cc(C)cc(C)c1. The van der Waals surface area contributed by atoms with E-state index in [-0.39, 0.29) is 13.0 Å². The lowest BCUT2D eigenvalue weighted by Gasteiger charge is -2.35. The average Bonchev–Trinajstić information content (AvgIpc) is 2.91. The van der Waals surface area contributed by atoms with E-state index in [1.165, 1.54) is 4.90 Å². The Balaban J connectivity index is 2.60. The van der Waals surface area contributed by atoms with Crippen LogP contribution in [-0.2, 0) is 30.3 Å². The molecule has 3 amide bonds. The van der Waals surface area contributed by atoms with E-state index in [2.05, 4.69) is 10.6 Å². The second kappa shape index (κ2) is 16.4. The molecule has 0 aliphatic carbocycles. The number of unbranched alkanes of at least 4 members (excludes halogenated alkanes) is 1. The fourth-order valence-electron chi connectivity index (χ4n) is 4.84. The van der Waals surface area contributed by atoms with Crippen molar-refractivity contribution < 1.29 is 33.8 Å². The van der Waals surface area contributed by atoms with Crippen LogP contribution in [0.15, 0.2) is 48.5 Å². The topological polar surface area (TPSA) is 134 Å². The number of carbonyl (C=O) groups excluding carboxylic acids is 4. The van der Waals surface area contributed by atoms with Gasteiger partial charge in [-0.2, -0.15) is 0 Å². The maximum Gasteiger partial charge on any atom is 0.408 e. The van der Waals surface area contributed by atoms with Gasteiger partial charge >= 0.3 is 12.1 Å². The molecule has 3 unspecified atom stereocenters. The number of aliphatic hydroxyl groups is 1. The van der Waals surface area contributed by atoms with Crippen LogP contribution in [0.25, 0.3) is 0 Å². The normalized spacial score (nSPS) is 13.6. The molecule has 248 valence electrons. The Bertz CT molecular complexity index is 1280. The zero-order valence-electron chi connectivity index (χ0n) is 28.2. The highest BCUT2D eigenvalue weighted by atomic mass is 16.6. The van der Waals surface area contributed by atoms with E-state index < -0.39 is 59.8 Å². The van der Waals surface area contributed by atoms with E-state index in [0.717, 1.165) is 16.7 Å². The number of aliphatic hydroxyl groups excluding tert-OH is 1. The second-order valence-corrected chi connectivity index (χ2v) is 13.4. The first-order valence-corrected chi connectivity index (χ1v) is 15.5. The Morgan fingerprint density at radius 3 is 1.93 bits per heavy atom. The maximum atomic E-state index is 14.4. The number of alkyl carbamates (subject to hydrolysis) is 1. The van der Waals surface area contributed by atoms with Crippen LogP contribution >= 0.6 is 0 Å². The fourth-order valence-corrected chi connectivity index (χ4v) is 4.84. The summed E-state index contributed by atoms with van der Waals surface area (Å²) in [5.41, 5.74) is 1.48. The third-order valence-corrected chi connectivity index (χ3v) is 6.62. The minimum absolute atomic E-state index is 0.155. The number of hydrogen-bond donors (Lipinski definition) is 3. The van der Waals surface area contributed by atoms with Gasteiger partial charge < -0.3 is 30.1 Å². The third kappa shape index (κ3) is 12.5. The number of nitrogens with one attached hydrogen (secondary N) is 2. The summed E-state index contributed by atoms with van der Waals surface area (Å²) in [4.78, 5) is 55.8. The van der Waals surface area contributed by atoms with E-state index in [1.807, 2.05) is 69.3 Å². The van der Waals surface area contributed by atoms with Crippen molar-refractivity contribution in [2.75, 3.05) is 13.2 Å². The summed E-state index contributed by atoms with van der Waals surface area (Å²) in [6, 6.07) is 11.3. The first kappa shape index (κ1) is 37.3. The molecule has 0 aliphatic rings. The van der Waals surface area contributed by atoms with Gasteiger partial charge in [0, 0.05) is 13.0 Å². The molecule has 10 nitrogen and oxygen atoms in total. The summed E-state index contributed by atoms with van der Waals surface area (Å²) in [6.07, 6.45) is 0.557. The fraction of sp³-hybridized carbons (Fsp3) is 0.543. The molecule has 0 spiro atoms. The van der Waals surface area contributed by atoms with Crippen LogP contribution in [0.1, 0.15) is 89.6 Å². The quantitative estimate of drug-likeness (QED) is 0.269. The zero-order valence-corrected chi connectivity index (χ0v) is 28.2. The number of nitrogens with zero attached hydrogens (tertiary/aromatic N) is 1. The van der Waals surface area contributed by atoms with Gasteiger partial charge in [-0.15, -0.1) is 0 Å². The Morgan fingerprint density at radius 1 is 0.844 bits per heavy atom. The Hall–Kier alpha value is -3.92. The van der Waals surface area contributed by atoms with Crippen LogP contribution in [0.5, 0.6) is 0 Å². The molecule has 0 radical (unpaired) electrons. The Morgan fingerprint density at radius 2 is 1.42 bits per heavy atom. The highest BCUT2D eigenvalue weighted by molar-refractivity contribution is 5.94. The number of aryl methyl sites for hydroxylation is 2. The molecule has 0 fully saturated rings. The first-order chi connectivity index (χ1) is 20.9. The van der Waals surface area contributed by atoms with Crippen molar-refractivity contribution in [1.29, 1.82) is 0 Å². The number of rotatable bonds is 13. The molecule has 3 atom stereocenters. The largest absolute Gasteiger partial charge is 0.458 e. The van der Waals surface area contributed by atoms with E-state index in [1.54, 1.807) is 41.5 Å². The molecular formula is C35H51N3O7. The molecule has 10 heteroatoms. The number of amides is 3. The lowest BCUT2D eigenvalue weighted by atomic mass is 9.97. The molecule has 3 N–H and O–H groups in total. The van der Waals surface area contributed by atoms with E-state index in [0.29, 0.717) is 18.4 Å². The molecule has 45 heavy (non-hydrogen) atoms. The lowest BCUT2D eigenvalue weighted by molar-refractivity contribution is -0.159. The van der Waals surface area contributed by atoms with Crippen molar-refractivity contribution in [3.8, 4) is 0 Å². The van der Waals surface area contributed by atoms with Crippen molar-refractivity contribution in [3.63, 3.8) is 0 Å². The molecular weight excluding hydrogens is 574 g/mol. The van der Waals surface area contributed by atoms with Gasteiger partial charge in [0.25, 0.3) is 0 Å². The highest BCUT2D eigenvalue weighted by Gasteiger charge is 2.38. The predicted molar refractivity (Wildman–Crippen MR) is 173 cm³/mol. The standard InChI is InChI=1S/C35H51N3O7/c1-10-11-17-38(31(41)28(22-39)37-33(43)45-35(7,8)9)29(26-19-23(2)18-24(3)20-26)30(40)36-27(32(42)44-34(4,5)6)21-25-15-13-12-14-16-25/h12-16,18-20,27-29,39H,10-11,17,21-22H2,1-9H3,(H,36,40)(H,37,43). The third-order valence-electron chi connectivity index (χ3n) is 6.62. The maximum absolute atomic E-state index is 14.4. The van der Waals surface area contributed by atoms with E-state index in [4.69, 9.17) is 9.47 Å². The van der Waals surface area contributed by atoms with Gasteiger partial charge in [0.05, 0.1) is 6.61 Å².